The van der Waals surface area contributed by atoms with Gasteiger partial charge in [-0.2, -0.15) is 0 Å². The minimum atomic E-state index is -0.331. The first-order valence-corrected chi connectivity index (χ1v) is 8.74. The topological polar surface area (TPSA) is 58.6 Å². The largest absolute Gasteiger partial charge is 0.462 e. The quantitative estimate of drug-likeness (QED) is 0.603. The lowest BCUT2D eigenvalue weighted by molar-refractivity contribution is 0.0526. The van der Waals surface area contributed by atoms with Crippen molar-refractivity contribution in [2.45, 2.75) is 13.5 Å². The highest BCUT2D eigenvalue weighted by atomic mass is 35.5. The number of anilines is 1. The fourth-order valence-corrected chi connectivity index (χ4v) is 3.04. The highest BCUT2D eigenvalue weighted by molar-refractivity contribution is 6.29. The van der Waals surface area contributed by atoms with E-state index in [1.807, 2.05) is 18.2 Å². The maximum absolute atomic E-state index is 11.7. The lowest BCUT2D eigenvalue weighted by Gasteiger charge is -2.35. The Bertz CT molecular complexity index is 715. The molecule has 1 aliphatic heterocycles. The van der Waals surface area contributed by atoms with E-state index in [0.717, 1.165) is 38.5 Å². The van der Waals surface area contributed by atoms with Gasteiger partial charge in [0.25, 0.3) is 0 Å². The van der Waals surface area contributed by atoms with E-state index in [1.54, 1.807) is 25.4 Å². The van der Waals surface area contributed by atoms with E-state index in [2.05, 4.69) is 19.8 Å². The second-order valence-corrected chi connectivity index (χ2v) is 6.26. The first kappa shape index (κ1) is 17.6. The average molecular weight is 361 g/mol. The first-order chi connectivity index (χ1) is 12.2. The van der Waals surface area contributed by atoms with E-state index >= 15 is 0 Å². The number of nitrogens with zero attached hydrogens (tertiary/aromatic N) is 4. The normalized spacial score (nSPS) is 15.2. The van der Waals surface area contributed by atoms with Crippen LogP contribution in [0.15, 0.2) is 36.7 Å². The number of carbonyl (C=O) groups excluding carboxylic acids is 1. The molecule has 2 aromatic rings. The van der Waals surface area contributed by atoms with Crippen LogP contribution in [0, 0.1) is 0 Å². The van der Waals surface area contributed by atoms with Gasteiger partial charge in [-0.1, -0.05) is 11.6 Å². The number of halogens is 1. The van der Waals surface area contributed by atoms with Gasteiger partial charge in [0.2, 0.25) is 0 Å². The molecular weight excluding hydrogens is 340 g/mol. The molecule has 1 fully saturated rings. The van der Waals surface area contributed by atoms with Crippen molar-refractivity contribution in [1.29, 1.82) is 0 Å². The van der Waals surface area contributed by atoms with E-state index in [-0.39, 0.29) is 5.97 Å². The molecule has 132 valence electrons. The molecule has 1 saturated heterocycles. The van der Waals surface area contributed by atoms with Crippen LogP contribution in [0.25, 0.3) is 0 Å². The summed E-state index contributed by atoms with van der Waals surface area (Å²) in [6, 6.07) is 7.55. The molecule has 7 heteroatoms. The average Bonchev–Trinajstić information content (AvgIpc) is 2.63. The van der Waals surface area contributed by atoms with Crippen molar-refractivity contribution in [3.63, 3.8) is 0 Å². The summed E-state index contributed by atoms with van der Waals surface area (Å²) < 4.78 is 4.98. The summed E-state index contributed by atoms with van der Waals surface area (Å²) in [7, 11) is 0. The van der Waals surface area contributed by atoms with Gasteiger partial charge >= 0.3 is 5.97 Å². The van der Waals surface area contributed by atoms with Crippen molar-refractivity contribution in [1.82, 2.24) is 14.9 Å². The van der Waals surface area contributed by atoms with Crippen LogP contribution >= 0.6 is 11.6 Å². The van der Waals surface area contributed by atoms with Crippen LogP contribution in [0.3, 0.4) is 0 Å². The molecule has 0 radical (unpaired) electrons. The standard InChI is InChI=1S/C18H21ClN4O2/c1-2-25-18(24)15-3-4-17(21-12-15)23-9-7-22(8-10-23)13-14-5-6-20-16(19)11-14/h3-6,11-12H,2,7-10,13H2,1H3. The Hall–Kier alpha value is -2.18. The molecule has 25 heavy (non-hydrogen) atoms. The third-order valence-corrected chi connectivity index (χ3v) is 4.36. The Labute approximate surface area is 152 Å². The van der Waals surface area contributed by atoms with E-state index < -0.39 is 0 Å². The number of hydrogen-bond acceptors (Lipinski definition) is 6. The number of ether oxygens (including phenoxy) is 1. The Morgan fingerprint density at radius 2 is 2.00 bits per heavy atom. The molecule has 0 aromatic carbocycles. The summed E-state index contributed by atoms with van der Waals surface area (Å²) >= 11 is 5.94. The van der Waals surface area contributed by atoms with Crippen LogP contribution in [0.5, 0.6) is 0 Å². The molecule has 6 nitrogen and oxygen atoms in total. The fraction of sp³-hybridized carbons (Fsp3) is 0.389. The molecule has 0 unspecified atom stereocenters. The minimum absolute atomic E-state index is 0.331. The second kappa shape index (κ2) is 8.27. The third kappa shape index (κ3) is 4.67. The smallest absolute Gasteiger partial charge is 0.339 e. The van der Waals surface area contributed by atoms with Crippen LogP contribution in [-0.2, 0) is 11.3 Å². The molecule has 0 bridgehead atoms. The van der Waals surface area contributed by atoms with Gasteiger partial charge < -0.3 is 9.64 Å². The lowest BCUT2D eigenvalue weighted by atomic mass is 10.2. The number of hydrogen-bond donors (Lipinski definition) is 0. The van der Waals surface area contributed by atoms with Gasteiger partial charge in [0.1, 0.15) is 11.0 Å². The summed E-state index contributed by atoms with van der Waals surface area (Å²) in [6.07, 6.45) is 3.32. The molecular formula is C18H21ClN4O2. The van der Waals surface area contributed by atoms with Crippen molar-refractivity contribution < 1.29 is 9.53 Å². The van der Waals surface area contributed by atoms with Gasteiger partial charge in [-0.15, -0.1) is 0 Å². The summed E-state index contributed by atoms with van der Waals surface area (Å²) in [5.74, 6) is 0.557. The zero-order chi connectivity index (χ0) is 17.6. The molecule has 0 aliphatic carbocycles. The molecule has 0 amide bonds. The third-order valence-electron chi connectivity index (χ3n) is 4.15. The minimum Gasteiger partial charge on any atom is -0.462 e. The lowest BCUT2D eigenvalue weighted by Crippen LogP contribution is -2.46. The van der Waals surface area contributed by atoms with Crippen LogP contribution in [0.2, 0.25) is 5.15 Å². The van der Waals surface area contributed by atoms with Crippen LogP contribution < -0.4 is 4.90 Å². The van der Waals surface area contributed by atoms with E-state index in [0.29, 0.717) is 17.3 Å². The second-order valence-electron chi connectivity index (χ2n) is 5.88. The highest BCUT2D eigenvalue weighted by Gasteiger charge is 2.18. The van der Waals surface area contributed by atoms with Gasteiger partial charge in [-0.25, -0.2) is 14.8 Å². The Kier molecular flexibility index (Phi) is 5.83. The van der Waals surface area contributed by atoms with Crippen molar-refractivity contribution in [3.8, 4) is 0 Å². The van der Waals surface area contributed by atoms with Crippen LogP contribution in [0.4, 0.5) is 5.82 Å². The van der Waals surface area contributed by atoms with Gasteiger partial charge in [-0.3, -0.25) is 4.90 Å². The Morgan fingerprint density at radius 1 is 1.20 bits per heavy atom. The number of rotatable bonds is 5. The number of esters is 1. The molecule has 2 aromatic heterocycles. The van der Waals surface area contributed by atoms with E-state index in [1.165, 1.54) is 5.56 Å². The molecule has 0 saturated carbocycles. The first-order valence-electron chi connectivity index (χ1n) is 8.36. The predicted octanol–water partition coefficient (Wildman–Crippen LogP) is 2.63. The SMILES string of the molecule is CCOC(=O)c1ccc(N2CCN(Cc3ccnc(Cl)c3)CC2)nc1. The molecule has 0 N–H and O–H groups in total. The van der Waals surface area contributed by atoms with Crippen molar-refractivity contribution in [3.05, 3.63) is 52.9 Å². The summed E-state index contributed by atoms with van der Waals surface area (Å²) in [5.41, 5.74) is 1.66. The summed E-state index contributed by atoms with van der Waals surface area (Å²) in [6.45, 7) is 6.70. The van der Waals surface area contributed by atoms with E-state index in [4.69, 9.17) is 16.3 Å². The number of aromatic nitrogens is 2. The highest BCUT2D eigenvalue weighted by Crippen LogP contribution is 2.16. The summed E-state index contributed by atoms with van der Waals surface area (Å²) in [5, 5.41) is 0.530. The van der Waals surface area contributed by atoms with Crippen molar-refractivity contribution in [2.24, 2.45) is 0 Å². The molecule has 3 heterocycles. The van der Waals surface area contributed by atoms with Gasteiger partial charge in [0, 0.05) is 45.1 Å². The van der Waals surface area contributed by atoms with E-state index in [9.17, 15) is 4.79 Å². The molecule has 1 aliphatic rings. The van der Waals surface area contributed by atoms with Gasteiger partial charge in [-0.05, 0) is 36.8 Å². The van der Waals surface area contributed by atoms with Crippen molar-refractivity contribution in [2.75, 3.05) is 37.7 Å². The number of piperazine rings is 1. The maximum Gasteiger partial charge on any atom is 0.339 e. The monoisotopic (exact) mass is 360 g/mol. The van der Waals surface area contributed by atoms with Crippen LogP contribution in [0.1, 0.15) is 22.8 Å². The van der Waals surface area contributed by atoms with Crippen LogP contribution in [-0.4, -0.2) is 53.6 Å². The Balaban J connectivity index is 1.54. The van der Waals surface area contributed by atoms with Gasteiger partial charge in [0.05, 0.1) is 12.2 Å². The Morgan fingerprint density at radius 3 is 2.64 bits per heavy atom. The summed E-state index contributed by atoms with van der Waals surface area (Å²) in [4.78, 5) is 24.7. The number of carbonyl (C=O) groups is 1. The molecule has 0 atom stereocenters. The van der Waals surface area contributed by atoms with Gasteiger partial charge in [0.15, 0.2) is 0 Å². The van der Waals surface area contributed by atoms with Crippen molar-refractivity contribution >= 4 is 23.4 Å². The maximum atomic E-state index is 11.7. The fourth-order valence-electron chi connectivity index (χ4n) is 2.84. The molecule has 0 spiro atoms. The zero-order valence-corrected chi connectivity index (χ0v) is 14.9. The predicted molar refractivity (Wildman–Crippen MR) is 96.9 cm³/mol. The number of pyridine rings is 2. The zero-order valence-electron chi connectivity index (χ0n) is 14.2. The molecule has 3 rings (SSSR count).